The van der Waals surface area contributed by atoms with E-state index in [0.29, 0.717) is 6.04 Å². The van der Waals surface area contributed by atoms with Gasteiger partial charge in [0.15, 0.2) is 0 Å². The third kappa shape index (κ3) is 3.49. The molecule has 2 rings (SSSR count). The van der Waals surface area contributed by atoms with Crippen LogP contribution in [0.1, 0.15) is 58.8 Å². The molecule has 0 aromatic heterocycles. The highest BCUT2D eigenvalue weighted by atomic mass is 15.2. The Hall–Kier alpha value is -0.590. The molecule has 1 N–H and O–H groups in total. The number of nitriles is 1. The maximum Gasteiger partial charge on any atom is 0.108 e. The van der Waals surface area contributed by atoms with Gasteiger partial charge >= 0.3 is 0 Å². The van der Waals surface area contributed by atoms with Crippen LogP contribution >= 0.6 is 0 Å². The smallest absolute Gasteiger partial charge is 0.108 e. The van der Waals surface area contributed by atoms with E-state index in [1.807, 2.05) is 0 Å². The molecule has 3 nitrogen and oxygen atoms in total. The average Bonchev–Trinajstić information content (AvgIpc) is 3.04. The lowest BCUT2D eigenvalue weighted by Gasteiger charge is -2.27. The second kappa shape index (κ2) is 6.72. The zero-order chi connectivity index (χ0) is 13.7. The molecule has 3 unspecified atom stereocenters. The lowest BCUT2D eigenvalue weighted by Crippen LogP contribution is -2.44. The summed E-state index contributed by atoms with van der Waals surface area (Å²) in [5.41, 5.74) is -0.233. The minimum absolute atomic E-state index is 0.233. The quantitative estimate of drug-likeness (QED) is 0.801. The zero-order valence-corrected chi connectivity index (χ0v) is 12.6. The molecule has 3 heteroatoms. The molecule has 0 aromatic carbocycles. The SMILES string of the molecule is CCCNC1(C#N)CCC(N2CCC(CCC)C2)C1. The molecule has 3 atom stereocenters. The number of nitrogens with zero attached hydrogens (tertiary/aromatic N) is 2. The van der Waals surface area contributed by atoms with Gasteiger partial charge in [0.1, 0.15) is 5.54 Å². The molecule has 1 saturated carbocycles. The van der Waals surface area contributed by atoms with Gasteiger partial charge in [-0.2, -0.15) is 5.26 Å². The fraction of sp³-hybridized carbons (Fsp3) is 0.938. The predicted molar refractivity (Wildman–Crippen MR) is 78.9 cm³/mol. The van der Waals surface area contributed by atoms with Crippen molar-refractivity contribution in [3.63, 3.8) is 0 Å². The number of hydrogen-bond acceptors (Lipinski definition) is 3. The molecule has 1 heterocycles. The van der Waals surface area contributed by atoms with Gasteiger partial charge in [-0.1, -0.05) is 20.3 Å². The van der Waals surface area contributed by atoms with Crippen LogP contribution < -0.4 is 5.32 Å². The first kappa shape index (κ1) is 14.8. The minimum Gasteiger partial charge on any atom is -0.300 e. The highest BCUT2D eigenvalue weighted by Crippen LogP contribution is 2.35. The van der Waals surface area contributed by atoms with Crippen LogP contribution in [0, 0.1) is 17.2 Å². The number of rotatable bonds is 6. The van der Waals surface area contributed by atoms with Crippen LogP contribution in [0.5, 0.6) is 0 Å². The Morgan fingerprint density at radius 2 is 2.16 bits per heavy atom. The fourth-order valence-corrected chi connectivity index (χ4v) is 3.84. The third-order valence-electron chi connectivity index (χ3n) is 4.95. The summed E-state index contributed by atoms with van der Waals surface area (Å²) < 4.78 is 0. The van der Waals surface area contributed by atoms with Crippen molar-refractivity contribution >= 4 is 0 Å². The van der Waals surface area contributed by atoms with Crippen molar-refractivity contribution in [2.75, 3.05) is 19.6 Å². The Morgan fingerprint density at radius 3 is 2.84 bits per heavy atom. The standard InChI is InChI=1S/C16H29N3/c1-3-5-14-7-10-19(12-14)15-6-8-16(11-15,13-17)18-9-4-2/h14-15,18H,3-12H2,1-2H3. The average molecular weight is 263 g/mol. The molecule has 2 fully saturated rings. The first-order valence-corrected chi connectivity index (χ1v) is 8.13. The van der Waals surface area contributed by atoms with Crippen molar-refractivity contribution in [1.29, 1.82) is 5.26 Å². The lowest BCUT2D eigenvalue weighted by atomic mass is 9.99. The Balaban J connectivity index is 1.86. The summed E-state index contributed by atoms with van der Waals surface area (Å²) in [5.74, 6) is 0.908. The summed E-state index contributed by atoms with van der Waals surface area (Å²) in [6, 6.07) is 3.21. The molecule has 0 aromatic rings. The monoisotopic (exact) mass is 263 g/mol. The molecule has 2 aliphatic rings. The summed E-state index contributed by atoms with van der Waals surface area (Å²) in [5, 5.41) is 13.0. The number of nitrogens with one attached hydrogen (secondary N) is 1. The highest BCUT2D eigenvalue weighted by Gasteiger charge is 2.42. The van der Waals surface area contributed by atoms with Crippen molar-refractivity contribution < 1.29 is 0 Å². The van der Waals surface area contributed by atoms with Crippen LogP contribution in [0.3, 0.4) is 0 Å². The van der Waals surface area contributed by atoms with Gasteiger partial charge in [-0.15, -0.1) is 0 Å². The largest absolute Gasteiger partial charge is 0.300 e. The van der Waals surface area contributed by atoms with Crippen LogP contribution in [0.25, 0.3) is 0 Å². The Labute approximate surface area is 118 Å². The van der Waals surface area contributed by atoms with E-state index in [2.05, 4.69) is 30.1 Å². The van der Waals surface area contributed by atoms with E-state index < -0.39 is 0 Å². The van der Waals surface area contributed by atoms with Gasteiger partial charge in [-0.25, -0.2) is 0 Å². The van der Waals surface area contributed by atoms with E-state index in [0.717, 1.165) is 31.7 Å². The molecule has 1 aliphatic heterocycles. The molecule has 108 valence electrons. The number of hydrogen-bond donors (Lipinski definition) is 1. The van der Waals surface area contributed by atoms with Crippen LogP contribution in [0.4, 0.5) is 0 Å². The first-order valence-electron chi connectivity index (χ1n) is 8.13. The highest BCUT2D eigenvalue weighted by molar-refractivity contribution is 5.13. The van der Waals surface area contributed by atoms with Crippen molar-refractivity contribution in [2.24, 2.45) is 5.92 Å². The van der Waals surface area contributed by atoms with Gasteiger partial charge in [-0.3, -0.25) is 10.2 Å². The molecule has 0 amide bonds. The van der Waals surface area contributed by atoms with Crippen molar-refractivity contribution in [3.05, 3.63) is 0 Å². The maximum atomic E-state index is 9.51. The van der Waals surface area contributed by atoms with E-state index in [1.165, 1.54) is 38.8 Å². The topological polar surface area (TPSA) is 39.1 Å². The summed E-state index contributed by atoms with van der Waals surface area (Å²) in [7, 11) is 0. The predicted octanol–water partition coefficient (Wildman–Crippen LogP) is 2.92. The van der Waals surface area contributed by atoms with E-state index in [1.54, 1.807) is 0 Å². The molecule has 19 heavy (non-hydrogen) atoms. The molecule has 0 spiro atoms. The molecular formula is C16H29N3. The Kier molecular flexibility index (Phi) is 5.24. The molecule has 1 aliphatic carbocycles. The third-order valence-corrected chi connectivity index (χ3v) is 4.95. The normalized spacial score (nSPS) is 35.6. The summed E-state index contributed by atoms with van der Waals surface area (Å²) in [6.07, 6.45) is 8.42. The maximum absolute atomic E-state index is 9.51. The molecular weight excluding hydrogens is 234 g/mol. The van der Waals surface area contributed by atoms with Crippen molar-refractivity contribution in [1.82, 2.24) is 10.2 Å². The van der Waals surface area contributed by atoms with Crippen LogP contribution in [-0.4, -0.2) is 36.1 Å². The molecule has 0 radical (unpaired) electrons. The van der Waals surface area contributed by atoms with E-state index >= 15 is 0 Å². The van der Waals surface area contributed by atoms with Gasteiger partial charge < -0.3 is 0 Å². The first-order chi connectivity index (χ1) is 9.23. The van der Waals surface area contributed by atoms with Crippen molar-refractivity contribution in [2.45, 2.75) is 70.4 Å². The number of likely N-dealkylation sites (tertiary alicyclic amines) is 1. The summed E-state index contributed by atoms with van der Waals surface area (Å²) >= 11 is 0. The molecule has 0 bridgehead atoms. The van der Waals surface area contributed by atoms with Crippen LogP contribution in [0.2, 0.25) is 0 Å². The van der Waals surface area contributed by atoms with E-state index in [-0.39, 0.29) is 5.54 Å². The van der Waals surface area contributed by atoms with Gasteiger partial charge in [-0.05, 0) is 57.5 Å². The Bertz CT molecular complexity index is 322. The van der Waals surface area contributed by atoms with Gasteiger partial charge in [0.2, 0.25) is 0 Å². The van der Waals surface area contributed by atoms with Crippen LogP contribution in [-0.2, 0) is 0 Å². The van der Waals surface area contributed by atoms with Crippen LogP contribution in [0.15, 0.2) is 0 Å². The van der Waals surface area contributed by atoms with Gasteiger partial charge in [0.05, 0.1) is 6.07 Å². The summed E-state index contributed by atoms with van der Waals surface area (Å²) in [6.45, 7) is 7.95. The van der Waals surface area contributed by atoms with E-state index in [9.17, 15) is 5.26 Å². The second-order valence-electron chi connectivity index (χ2n) is 6.46. The van der Waals surface area contributed by atoms with E-state index in [4.69, 9.17) is 0 Å². The molecule has 1 saturated heterocycles. The zero-order valence-electron chi connectivity index (χ0n) is 12.6. The van der Waals surface area contributed by atoms with Gasteiger partial charge in [0, 0.05) is 12.6 Å². The van der Waals surface area contributed by atoms with Gasteiger partial charge in [0.25, 0.3) is 0 Å². The fourth-order valence-electron chi connectivity index (χ4n) is 3.84. The second-order valence-corrected chi connectivity index (χ2v) is 6.46. The minimum atomic E-state index is -0.233. The Morgan fingerprint density at radius 1 is 1.32 bits per heavy atom. The summed E-state index contributed by atoms with van der Waals surface area (Å²) in [4.78, 5) is 2.66. The lowest BCUT2D eigenvalue weighted by molar-refractivity contribution is 0.226. The van der Waals surface area contributed by atoms with Crippen molar-refractivity contribution in [3.8, 4) is 6.07 Å².